The monoisotopic (exact) mass is 318 g/mol. The normalized spacial score (nSPS) is 17.6. The summed E-state index contributed by atoms with van der Waals surface area (Å²) >= 11 is 0. The molecule has 1 aliphatic heterocycles. The van der Waals surface area contributed by atoms with Gasteiger partial charge in [-0.05, 0) is 38.2 Å². The molecule has 1 atom stereocenters. The average molecular weight is 318 g/mol. The Hall–Kier alpha value is -1.88. The van der Waals surface area contributed by atoms with Crippen molar-refractivity contribution in [3.8, 4) is 0 Å². The van der Waals surface area contributed by atoms with Gasteiger partial charge in [-0.25, -0.2) is 4.79 Å². The van der Waals surface area contributed by atoms with Crippen LogP contribution in [0, 0.1) is 0 Å². The lowest BCUT2D eigenvalue weighted by Gasteiger charge is -2.26. The van der Waals surface area contributed by atoms with Gasteiger partial charge in [-0.15, -0.1) is 0 Å². The van der Waals surface area contributed by atoms with Gasteiger partial charge in [0.15, 0.2) is 6.04 Å². The zero-order valence-corrected chi connectivity index (χ0v) is 13.9. The predicted octanol–water partition coefficient (Wildman–Crippen LogP) is 1.25. The summed E-state index contributed by atoms with van der Waals surface area (Å²) in [5.41, 5.74) is 1.01. The Morgan fingerprint density at radius 2 is 1.65 bits per heavy atom. The highest BCUT2D eigenvalue weighted by Crippen LogP contribution is 2.03. The Morgan fingerprint density at radius 1 is 1.04 bits per heavy atom. The number of carbonyl (C=O) groups is 2. The number of quaternary nitrogens is 1. The maximum absolute atomic E-state index is 12.3. The van der Waals surface area contributed by atoms with Gasteiger partial charge in [0, 0.05) is 6.54 Å². The van der Waals surface area contributed by atoms with Crippen molar-refractivity contribution in [3.05, 3.63) is 35.9 Å². The number of hydrogen-bond donors (Lipinski definition) is 3. The predicted molar refractivity (Wildman–Crippen MR) is 90.1 cm³/mol. The topological polar surface area (TPSA) is 62.6 Å². The van der Waals surface area contributed by atoms with E-state index < -0.39 is 6.03 Å². The van der Waals surface area contributed by atoms with Gasteiger partial charge in [0.25, 0.3) is 5.91 Å². The van der Waals surface area contributed by atoms with Gasteiger partial charge in [0.1, 0.15) is 0 Å². The minimum atomic E-state index is -0.419. The fourth-order valence-electron chi connectivity index (χ4n) is 3.02. The summed E-state index contributed by atoms with van der Waals surface area (Å²) in [7, 11) is 0. The largest absolute Gasteiger partial charge is 0.334 e. The minimum absolute atomic E-state index is 0.185. The van der Waals surface area contributed by atoms with E-state index in [9.17, 15) is 9.59 Å². The van der Waals surface area contributed by atoms with E-state index in [4.69, 9.17) is 0 Å². The molecule has 1 aromatic rings. The molecule has 1 fully saturated rings. The first-order valence-corrected chi connectivity index (χ1v) is 8.64. The van der Waals surface area contributed by atoms with Crippen LogP contribution in [0.5, 0.6) is 0 Å². The third-order valence-corrected chi connectivity index (χ3v) is 4.53. The van der Waals surface area contributed by atoms with Crippen LogP contribution in [0.1, 0.15) is 44.6 Å². The van der Waals surface area contributed by atoms with Crippen LogP contribution in [-0.4, -0.2) is 31.1 Å². The van der Waals surface area contributed by atoms with Crippen molar-refractivity contribution in [2.24, 2.45) is 0 Å². The summed E-state index contributed by atoms with van der Waals surface area (Å²) in [6.07, 6.45) is 6.11. The van der Waals surface area contributed by atoms with Gasteiger partial charge >= 0.3 is 6.03 Å². The number of nitrogens with one attached hydrogen (secondary N) is 3. The minimum Gasteiger partial charge on any atom is -0.334 e. The van der Waals surface area contributed by atoms with Crippen LogP contribution in [0.25, 0.3) is 0 Å². The summed E-state index contributed by atoms with van der Waals surface area (Å²) in [6, 6.07) is 9.05. The van der Waals surface area contributed by atoms with Crippen molar-refractivity contribution in [1.82, 2.24) is 10.6 Å². The summed E-state index contributed by atoms with van der Waals surface area (Å²) in [6.45, 7) is 4.36. The maximum atomic E-state index is 12.3. The van der Waals surface area contributed by atoms with Crippen molar-refractivity contribution >= 4 is 11.9 Å². The second kappa shape index (κ2) is 9.30. The van der Waals surface area contributed by atoms with E-state index in [0.29, 0.717) is 6.54 Å². The molecular weight excluding hydrogens is 290 g/mol. The Balaban J connectivity index is 1.76. The molecule has 0 saturated carbocycles. The molecule has 5 heteroatoms. The molecule has 1 aliphatic rings. The number of likely N-dealkylation sites (tertiary alicyclic amines) is 1. The molecule has 0 bridgehead atoms. The number of benzene rings is 1. The van der Waals surface area contributed by atoms with Crippen LogP contribution in [0.4, 0.5) is 4.79 Å². The highest BCUT2D eigenvalue weighted by molar-refractivity contribution is 5.96. The molecule has 3 amide bonds. The van der Waals surface area contributed by atoms with Gasteiger partial charge in [0.05, 0.1) is 13.1 Å². The van der Waals surface area contributed by atoms with E-state index in [1.165, 1.54) is 24.2 Å². The number of imide groups is 1. The molecule has 0 radical (unpaired) electrons. The van der Waals surface area contributed by atoms with Crippen LogP contribution in [-0.2, 0) is 11.3 Å². The van der Waals surface area contributed by atoms with E-state index in [0.717, 1.165) is 31.5 Å². The first kappa shape index (κ1) is 17.5. The molecule has 1 heterocycles. The summed E-state index contributed by atoms with van der Waals surface area (Å²) in [5, 5.41) is 5.20. The number of rotatable bonds is 4. The lowest BCUT2D eigenvalue weighted by molar-refractivity contribution is -0.915. The van der Waals surface area contributed by atoms with E-state index >= 15 is 0 Å². The molecule has 0 aromatic heterocycles. The zero-order chi connectivity index (χ0) is 16.5. The van der Waals surface area contributed by atoms with Crippen molar-refractivity contribution in [2.75, 3.05) is 13.1 Å². The second-order valence-electron chi connectivity index (χ2n) is 6.31. The average Bonchev–Trinajstić information content (AvgIpc) is 2.53. The fraction of sp³-hybridized carbons (Fsp3) is 0.556. The Labute approximate surface area is 138 Å². The Kier molecular flexibility index (Phi) is 7.07. The zero-order valence-electron chi connectivity index (χ0n) is 13.9. The molecule has 0 unspecified atom stereocenters. The van der Waals surface area contributed by atoms with Gasteiger partial charge in [-0.3, -0.25) is 10.1 Å². The summed E-state index contributed by atoms with van der Waals surface area (Å²) in [5.74, 6) is -0.189. The molecule has 0 aliphatic carbocycles. The van der Waals surface area contributed by atoms with Crippen LogP contribution >= 0.6 is 0 Å². The molecule has 1 aromatic carbocycles. The number of hydrogen-bond acceptors (Lipinski definition) is 2. The van der Waals surface area contributed by atoms with Crippen molar-refractivity contribution in [3.63, 3.8) is 0 Å². The second-order valence-corrected chi connectivity index (χ2v) is 6.31. The molecule has 126 valence electrons. The van der Waals surface area contributed by atoms with E-state index in [2.05, 4.69) is 10.6 Å². The molecule has 5 nitrogen and oxygen atoms in total. The van der Waals surface area contributed by atoms with Gasteiger partial charge in [-0.1, -0.05) is 36.8 Å². The fourth-order valence-corrected chi connectivity index (χ4v) is 3.02. The lowest BCUT2D eigenvalue weighted by atomic mass is 10.1. The summed E-state index contributed by atoms with van der Waals surface area (Å²) in [4.78, 5) is 25.4. The number of urea groups is 1. The third-order valence-electron chi connectivity index (χ3n) is 4.53. The van der Waals surface area contributed by atoms with Crippen LogP contribution in [0.15, 0.2) is 30.3 Å². The molecule has 0 spiro atoms. The van der Waals surface area contributed by atoms with Gasteiger partial charge < -0.3 is 10.2 Å². The van der Waals surface area contributed by atoms with Crippen molar-refractivity contribution in [2.45, 2.75) is 51.6 Å². The number of carbonyl (C=O) groups excluding carboxylic acids is 2. The van der Waals surface area contributed by atoms with Gasteiger partial charge in [0.2, 0.25) is 0 Å². The first-order valence-electron chi connectivity index (χ1n) is 8.64. The molecular formula is C18H28N3O2+. The SMILES string of the molecule is C[C@H](C(=O)NC(=O)NCc1ccccc1)[NH+]1CCCCCCC1. The smallest absolute Gasteiger partial charge is 0.321 e. The lowest BCUT2D eigenvalue weighted by Crippen LogP contribution is -3.16. The highest BCUT2D eigenvalue weighted by atomic mass is 16.2. The molecule has 2 rings (SSSR count). The third kappa shape index (κ3) is 6.02. The van der Waals surface area contributed by atoms with E-state index in [1.807, 2.05) is 37.3 Å². The van der Waals surface area contributed by atoms with Crippen LogP contribution in [0.2, 0.25) is 0 Å². The first-order chi connectivity index (χ1) is 11.2. The Morgan fingerprint density at radius 3 is 2.30 bits per heavy atom. The maximum Gasteiger partial charge on any atom is 0.321 e. The van der Waals surface area contributed by atoms with E-state index in [-0.39, 0.29) is 11.9 Å². The Bertz CT molecular complexity index is 496. The highest BCUT2D eigenvalue weighted by Gasteiger charge is 2.26. The van der Waals surface area contributed by atoms with Gasteiger partial charge in [-0.2, -0.15) is 0 Å². The van der Waals surface area contributed by atoms with Crippen molar-refractivity contribution in [1.29, 1.82) is 0 Å². The molecule has 1 saturated heterocycles. The standard InChI is InChI=1S/C18H27N3O2/c1-15(21-12-8-3-2-4-9-13-21)17(22)20-18(23)19-14-16-10-6-5-7-11-16/h5-7,10-11,15H,2-4,8-9,12-14H2,1H3,(H2,19,20,22,23)/p+1/t15-/m1/s1. The van der Waals surface area contributed by atoms with Crippen molar-refractivity contribution < 1.29 is 14.5 Å². The van der Waals surface area contributed by atoms with Crippen LogP contribution < -0.4 is 15.5 Å². The quantitative estimate of drug-likeness (QED) is 0.782. The molecule has 3 N–H and O–H groups in total. The van der Waals surface area contributed by atoms with E-state index in [1.54, 1.807) is 0 Å². The number of amides is 3. The van der Waals surface area contributed by atoms with Crippen LogP contribution in [0.3, 0.4) is 0 Å². The molecule has 23 heavy (non-hydrogen) atoms. The summed E-state index contributed by atoms with van der Waals surface area (Å²) < 4.78 is 0.